The van der Waals surface area contributed by atoms with Gasteiger partial charge in [-0.1, -0.05) is 11.3 Å². The highest BCUT2D eigenvalue weighted by atomic mass is 32.1. The van der Waals surface area contributed by atoms with Gasteiger partial charge in [0.1, 0.15) is 0 Å². The molecular weight excluding hydrogens is 292 g/mol. The van der Waals surface area contributed by atoms with Crippen molar-refractivity contribution < 1.29 is 9.47 Å². The third kappa shape index (κ3) is 3.78. The van der Waals surface area contributed by atoms with Crippen LogP contribution < -0.4 is 10.9 Å². The summed E-state index contributed by atoms with van der Waals surface area (Å²) in [5.74, 6) is 0. The molecule has 3 rings (SSSR count). The van der Waals surface area contributed by atoms with Gasteiger partial charge in [-0.15, -0.1) is 5.10 Å². The molecule has 2 aromatic rings. The van der Waals surface area contributed by atoms with Crippen LogP contribution in [0.1, 0.15) is 25.7 Å². The van der Waals surface area contributed by atoms with E-state index in [9.17, 15) is 4.79 Å². The summed E-state index contributed by atoms with van der Waals surface area (Å²) in [4.78, 5) is 16.2. The molecule has 0 aromatic carbocycles. The van der Waals surface area contributed by atoms with Gasteiger partial charge in [-0.05, 0) is 25.7 Å². The van der Waals surface area contributed by atoms with Gasteiger partial charge in [-0.25, -0.2) is 4.98 Å². The molecule has 2 aromatic heterocycles. The number of rotatable bonds is 6. The number of nitrogens with zero attached hydrogens (tertiary/aromatic N) is 3. The highest BCUT2D eigenvalue weighted by molar-refractivity contribution is 7.20. The monoisotopic (exact) mass is 310 g/mol. The van der Waals surface area contributed by atoms with Crippen LogP contribution in [-0.4, -0.2) is 40.6 Å². The molecule has 114 valence electrons. The molecule has 0 bridgehead atoms. The molecule has 0 saturated carbocycles. The van der Waals surface area contributed by atoms with E-state index >= 15 is 0 Å². The number of fused-ring (bicyclic) bond motifs is 1. The normalized spacial score (nSPS) is 19.0. The second-order valence-corrected chi connectivity index (χ2v) is 5.79. The van der Waals surface area contributed by atoms with Crippen LogP contribution in [0.5, 0.6) is 0 Å². The third-order valence-electron chi connectivity index (χ3n) is 3.21. The molecule has 1 N–H and O–H groups in total. The van der Waals surface area contributed by atoms with Crippen molar-refractivity contribution >= 4 is 21.4 Å². The maximum Gasteiger partial charge on any atom is 0.275 e. The Labute approximate surface area is 125 Å². The first-order valence-electron chi connectivity index (χ1n) is 7.15. The summed E-state index contributed by atoms with van der Waals surface area (Å²) in [7, 11) is 0. The Kier molecular flexibility index (Phi) is 4.79. The fourth-order valence-electron chi connectivity index (χ4n) is 2.14. The first-order chi connectivity index (χ1) is 10.3. The maximum absolute atomic E-state index is 11.5. The van der Waals surface area contributed by atoms with Gasteiger partial charge < -0.3 is 14.8 Å². The zero-order valence-electron chi connectivity index (χ0n) is 11.7. The SMILES string of the molecule is O=c1ccnc2sc(NCCCOC3CCCCO3)nn12. The van der Waals surface area contributed by atoms with Gasteiger partial charge in [-0.3, -0.25) is 4.79 Å². The van der Waals surface area contributed by atoms with Crippen LogP contribution in [0.3, 0.4) is 0 Å². The van der Waals surface area contributed by atoms with Crippen molar-refractivity contribution in [1.82, 2.24) is 14.6 Å². The Morgan fingerprint density at radius 3 is 3.29 bits per heavy atom. The average Bonchev–Trinajstić information content (AvgIpc) is 2.92. The summed E-state index contributed by atoms with van der Waals surface area (Å²) in [5, 5.41) is 8.06. The minimum atomic E-state index is -0.165. The van der Waals surface area contributed by atoms with Gasteiger partial charge in [0.15, 0.2) is 6.29 Å². The number of anilines is 1. The molecule has 0 radical (unpaired) electrons. The predicted octanol–water partition coefficient (Wildman–Crippen LogP) is 1.50. The third-order valence-corrected chi connectivity index (χ3v) is 4.09. The van der Waals surface area contributed by atoms with E-state index in [1.165, 1.54) is 34.5 Å². The Morgan fingerprint density at radius 1 is 1.52 bits per heavy atom. The van der Waals surface area contributed by atoms with E-state index in [0.717, 1.165) is 32.4 Å². The molecule has 1 aliphatic heterocycles. The summed E-state index contributed by atoms with van der Waals surface area (Å²) in [6.45, 7) is 2.19. The van der Waals surface area contributed by atoms with Gasteiger partial charge in [0.2, 0.25) is 10.1 Å². The van der Waals surface area contributed by atoms with Gasteiger partial charge in [0.25, 0.3) is 5.56 Å². The fraction of sp³-hybridized carbons (Fsp3) is 0.615. The molecule has 0 spiro atoms. The second kappa shape index (κ2) is 6.97. The lowest BCUT2D eigenvalue weighted by Gasteiger charge is -2.22. The van der Waals surface area contributed by atoms with Crippen molar-refractivity contribution in [3.8, 4) is 0 Å². The molecule has 3 heterocycles. The lowest BCUT2D eigenvalue weighted by molar-refractivity contribution is -0.162. The van der Waals surface area contributed by atoms with Gasteiger partial charge in [0, 0.05) is 25.4 Å². The minimum Gasteiger partial charge on any atom is -0.360 e. The lowest BCUT2D eigenvalue weighted by atomic mass is 10.2. The van der Waals surface area contributed by atoms with E-state index < -0.39 is 0 Å². The number of ether oxygens (including phenoxy) is 2. The van der Waals surface area contributed by atoms with Crippen molar-refractivity contribution in [2.24, 2.45) is 0 Å². The van der Waals surface area contributed by atoms with E-state index in [1.807, 2.05) is 0 Å². The molecule has 0 aliphatic carbocycles. The molecule has 1 aliphatic rings. The summed E-state index contributed by atoms with van der Waals surface area (Å²) in [6, 6.07) is 1.40. The maximum atomic E-state index is 11.5. The quantitative estimate of drug-likeness (QED) is 0.815. The minimum absolute atomic E-state index is 0.0380. The number of hydrogen-bond acceptors (Lipinski definition) is 7. The summed E-state index contributed by atoms with van der Waals surface area (Å²) < 4.78 is 12.5. The van der Waals surface area contributed by atoms with E-state index in [-0.39, 0.29) is 11.8 Å². The van der Waals surface area contributed by atoms with Crippen molar-refractivity contribution in [2.45, 2.75) is 32.0 Å². The van der Waals surface area contributed by atoms with Crippen molar-refractivity contribution in [3.63, 3.8) is 0 Å². The van der Waals surface area contributed by atoms with Gasteiger partial charge in [0.05, 0.1) is 6.61 Å². The molecular formula is C13H18N4O3S. The van der Waals surface area contributed by atoms with E-state index in [4.69, 9.17) is 9.47 Å². The Morgan fingerprint density at radius 2 is 2.48 bits per heavy atom. The number of nitrogens with one attached hydrogen (secondary N) is 1. The van der Waals surface area contributed by atoms with Gasteiger partial charge in [-0.2, -0.15) is 4.52 Å². The van der Waals surface area contributed by atoms with Crippen LogP contribution in [0.4, 0.5) is 5.13 Å². The van der Waals surface area contributed by atoms with Crippen LogP contribution in [-0.2, 0) is 9.47 Å². The van der Waals surface area contributed by atoms with Crippen LogP contribution in [0, 0.1) is 0 Å². The average molecular weight is 310 g/mol. The molecule has 21 heavy (non-hydrogen) atoms. The molecule has 1 atom stereocenters. The van der Waals surface area contributed by atoms with E-state index in [0.29, 0.717) is 16.7 Å². The number of hydrogen-bond donors (Lipinski definition) is 1. The zero-order chi connectivity index (χ0) is 14.5. The lowest BCUT2D eigenvalue weighted by Crippen LogP contribution is -2.23. The molecule has 0 amide bonds. The van der Waals surface area contributed by atoms with Crippen LogP contribution in [0.15, 0.2) is 17.1 Å². The van der Waals surface area contributed by atoms with Crippen molar-refractivity contribution in [2.75, 3.05) is 25.1 Å². The van der Waals surface area contributed by atoms with E-state index in [2.05, 4.69) is 15.4 Å². The van der Waals surface area contributed by atoms with Crippen LogP contribution >= 0.6 is 11.3 Å². The Balaban J connectivity index is 1.42. The molecule has 7 nitrogen and oxygen atoms in total. The smallest absolute Gasteiger partial charge is 0.275 e. The highest BCUT2D eigenvalue weighted by Crippen LogP contribution is 2.16. The molecule has 1 fully saturated rings. The first kappa shape index (κ1) is 14.4. The standard InChI is InChI=1S/C13H18N4O3S/c18-10-5-7-15-13-17(10)16-12(21-13)14-6-3-9-20-11-4-1-2-8-19-11/h5,7,11H,1-4,6,8-9H2,(H,14,16). The summed E-state index contributed by atoms with van der Waals surface area (Å²) in [5.41, 5.74) is -0.165. The molecule has 8 heteroatoms. The summed E-state index contributed by atoms with van der Waals surface area (Å²) >= 11 is 1.36. The summed E-state index contributed by atoms with van der Waals surface area (Å²) in [6.07, 6.45) is 5.61. The molecule has 1 unspecified atom stereocenters. The van der Waals surface area contributed by atoms with Crippen LogP contribution in [0.2, 0.25) is 0 Å². The largest absolute Gasteiger partial charge is 0.360 e. The zero-order valence-corrected chi connectivity index (χ0v) is 12.5. The van der Waals surface area contributed by atoms with E-state index in [1.54, 1.807) is 0 Å². The molecule has 1 saturated heterocycles. The van der Waals surface area contributed by atoms with Crippen LogP contribution in [0.25, 0.3) is 4.96 Å². The van der Waals surface area contributed by atoms with Crippen molar-refractivity contribution in [1.29, 1.82) is 0 Å². The number of aromatic nitrogens is 3. The highest BCUT2D eigenvalue weighted by Gasteiger charge is 2.13. The van der Waals surface area contributed by atoms with Gasteiger partial charge >= 0.3 is 0 Å². The Hall–Kier alpha value is -1.51. The topological polar surface area (TPSA) is 77.8 Å². The first-order valence-corrected chi connectivity index (χ1v) is 7.96. The predicted molar refractivity (Wildman–Crippen MR) is 79.8 cm³/mol. The Bertz CT molecular complexity index is 636. The fourth-order valence-corrected chi connectivity index (χ4v) is 2.94. The van der Waals surface area contributed by atoms with Crippen molar-refractivity contribution in [3.05, 3.63) is 22.6 Å². The second-order valence-electron chi connectivity index (χ2n) is 4.83.